The maximum Gasteiger partial charge on any atom is 0.290 e. The van der Waals surface area contributed by atoms with Gasteiger partial charge in [0, 0.05) is 36.4 Å². The minimum atomic E-state index is -0.213. The van der Waals surface area contributed by atoms with Crippen LogP contribution in [0, 0.1) is 13.8 Å². The summed E-state index contributed by atoms with van der Waals surface area (Å²) in [4.78, 5) is 23.4. The Bertz CT molecular complexity index is 1160. The maximum atomic E-state index is 13.0. The molecule has 4 rings (SSSR count). The number of aromatic nitrogens is 2. The molecule has 6 heteroatoms. The van der Waals surface area contributed by atoms with Crippen LogP contribution in [-0.2, 0) is 13.1 Å². The molecule has 0 unspecified atom stereocenters. The summed E-state index contributed by atoms with van der Waals surface area (Å²) >= 11 is 6.49. The lowest BCUT2D eigenvalue weighted by atomic mass is 10.0. The molecule has 0 saturated carbocycles. The second-order valence-corrected chi connectivity index (χ2v) is 7.43. The van der Waals surface area contributed by atoms with E-state index in [2.05, 4.69) is 29.9 Å². The summed E-state index contributed by atoms with van der Waals surface area (Å²) in [7, 11) is 0. The van der Waals surface area contributed by atoms with Gasteiger partial charge in [0.1, 0.15) is 5.15 Å². The van der Waals surface area contributed by atoms with Crippen LogP contribution in [0.3, 0.4) is 0 Å². The average molecular weight is 406 g/mol. The number of carbonyl (C=O) groups excluding carboxylic acids is 1. The Morgan fingerprint density at radius 2 is 1.93 bits per heavy atom. The van der Waals surface area contributed by atoms with E-state index in [-0.39, 0.29) is 11.7 Å². The van der Waals surface area contributed by atoms with E-state index in [1.54, 1.807) is 29.4 Å². The van der Waals surface area contributed by atoms with Gasteiger partial charge in [0.15, 0.2) is 5.76 Å². The SMILES string of the molecule is Cc1cc2cc(CN(Cc3cccnc3)C(=O)c3ccco3)c(Cl)nc2cc1C. The number of nitrogens with zero attached hydrogens (tertiary/aromatic N) is 3. The number of fused-ring (bicyclic) bond motifs is 1. The molecule has 4 aromatic rings. The normalized spacial score (nSPS) is 11.0. The number of carbonyl (C=O) groups is 1. The van der Waals surface area contributed by atoms with Gasteiger partial charge in [0.05, 0.1) is 11.8 Å². The molecule has 0 aliphatic rings. The maximum absolute atomic E-state index is 13.0. The summed E-state index contributed by atoms with van der Waals surface area (Å²) in [5, 5.41) is 1.39. The summed E-state index contributed by atoms with van der Waals surface area (Å²) in [6.07, 6.45) is 4.94. The van der Waals surface area contributed by atoms with E-state index in [1.807, 2.05) is 24.3 Å². The standard InChI is InChI=1S/C23H20ClN3O2/c1-15-9-18-11-19(22(24)26-20(18)10-16(15)2)14-27(13-17-5-3-7-25-12-17)23(28)21-6-4-8-29-21/h3-12H,13-14H2,1-2H3. The fraction of sp³-hybridized carbons (Fsp3) is 0.174. The number of hydrogen-bond donors (Lipinski definition) is 0. The molecule has 0 saturated heterocycles. The van der Waals surface area contributed by atoms with E-state index in [4.69, 9.17) is 16.0 Å². The van der Waals surface area contributed by atoms with Crippen molar-refractivity contribution >= 4 is 28.4 Å². The highest BCUT2D eigenvalue weighted by atomic mass is 35.5. The van der Waals surface area contributed by atoms with Crippen LogP contribution in [-0.4, -0.2) is 20.8 Å². The number of halogens is 1. The van der Waals surface area contributed by atoms with Gasteiger partial charge in [-0.3, -0.25) is 9.78 Å². The summed E-state index contributed by atoms with van der Waals surface area (Å²) in [6.45, 7) is 4.81. The number of furan rings is 1. The van der Waals surface area contributed by atoms with Gasteiger partial charge in [-0.15, -0.1) is 0 Å². The third-order valence-corrected chi connectivity index (χ3v) is 5.26. The first kappa shape index (κ1) is 19.2. The largest absolute Gasteiger partial charge is 0.459 e. The zero-order valence-corrected chi connectivity index (χ0v) is 17.0. The number of hydrogen-bond acceptors (Lipinski definition) is 4. The zero-order chi connectivity index (χ0) is 20.4. The van der Waals surface area contributed by atoms with Crippen LogP contribution in [0.1, 0.15) is 32.8 Å². The van der Waals surface area contributed by atoms with Crippen LogP contribution in [0.4, 0.5) is 0 Å². The van der Waals surface area contributed by atoms with Crippen LogP contribution in [0.15, 0.2) is 65.5 Å². The van der Waals surface area contributed by atoms with Crippen molar-refractivity contribution < 1.29 is 9.21 Å². The molecular weight excluding hydrogens is 386 g/mol. The van der Waals surface area contributed by atoms with Crippen molar-refractivity contribution in [3.63, 3.8) is 0 Å². The molecule has 0 aliphatic carbocycles. The molecule has 0 N–H and O–H groups in total. The lowest BCUT2D eigenvalue weighted by Crippen LogP contribution is -2.30. The monoisotopic (exact) mass is 405 g/mol. The summed E-state index contributed by atoms with van der Waals surface area (Å²) in [5.74, 6) is 0.0698. The number of pyridine rings is 2. The number of amides is 1. The lowest BCUT2D eigenvalue weighted by Gasteiger charge is -2.22. The van der Waals surface area contributed by atoms with E-state index < -0.39 is 0 Å². The molecule has 1 amide bonds. The van der Waals surface area contributed by atoms with Crippen LogP contribution in [0.2, 0.25) is 5.15 Å². The molecule has 1 aromatic carbocycles. The zero-order valence-electron chi connectivity index (χ0n) is 16.2. The Morgan fingerprint density at radius 3 is 2.66 bits per heavy atom. The second kappa shape index (κ2) is 8.05. The summed E-state index contributed by atoms with van der Waals surface area (Å²) in [5.41, 5.74) is 4.90. The van der Waals surface area contributed by atoms with Crippen LogP contribution >= 0.6 is 11.6 Å². The quantitative estimate of drug-likeness (QED) is 0.421. The molecule has 146 valence electrons. The van der Waals surface area contributed by atoms with Crippen LogP contribution in [0.25, 0.3) is 10.9 Å². The van der Waals surface area contributed by atoms with E-state index in [9.17, 15) is 4.79 Å². The van der Waals surface area contributed by atoms with Crippen molar-refractivity contribution in [1.29, 1.82) is 0 Å². The molecular formula is C23H20ClN3O2. The smallest absolute Gasteiger partial charge is 0.290 e. The van der Waals surface area contributed by atoms with Crippen LogP contribution in [0.5, 0.6) is 0 Å². The van der Waals surface area contributed by atoms with Gasteiger partial charge >= 0.3 is 0 Å². The van der Waals surface area contributed by atoms with Crippen molar-refractivity contribution in [1.82, 2.24) is 14.9 Å². The predicted octanol–water partition coefficient (Wildman–Crippen LogP) is 5.34. The Kier molecular flexibility index (Phi) is 5.32. The first-order valence-electron chi connectivity index (χ1n) is 9.29. The molecule has 0 spiro atoms. The molecule has 0 radical (unpaired) electrons. The molecule has 0 fully saturated rings. The fourth-order valence-electron chi connectivity index (χ4n) is 3.24. The molecule has 29 heavy (non-hydrogen) atoms. The van der Waals surface area contributed by atoms with Gasteiger partial charge in [-0.1, -0.05) is 17.7 Å². The molecule has 0 aliphatic heterocycles. The highest BCUT2D eigenvalue weighted by Gasteiger charge is 2.21. The van der Waals surface area contributed by atoms with Crippen molar-refractivity contribution in [2.75, 3.05) is 0 Å². The van der Waals surface area contributed by atoms with E-state index in [0.717, 1.165) is 22.0 Å². The van der Waals surface area contributed by atoms with Crippen molar-refractivity contribution in [2.24, 2.45) is 0 Å². The Balaban J connectivity index is 1.70. The Morgan fingerprint density at radius 1 is 1.10 bits per heavy atom. The predicted molar refractivity (Wildman–Crippen MR) is 113 cm³/mol. The minimum absolute atomic E-state index is 0.213. The third kappa shape index (κ3) is 4.15. The van der Waals surface area contributed by atoms with Crippen molar-refractivity contribution in [3.8, 4) is 0 Å². The Labute approximate surface area is 174 Å². The first-order chi connectivity index (χ1) is 14.0. The van der Waals surface area contributed by atoms with Crippen LogP contribution < -0.4 is 0 Å². The van der Waals surface area contributed by atoms with Crippen molar-refractivity contribution in [2.45, 2.75) is 26.9 Å². The highest BCUT2D eigenvalue weighted by molar-refractivity contribution is 6.30. The van der Waals surface area contributed by atoms with Crippen molar-refractivity contribution in [3.05, 3.63) is 94.3 Å². The van der Waals surface area contributed by atoms with Gasteiger partial charge < -0.3 is 9.32 Å². The molecule has 0 atom stereocenters. The minimum Gasteiger partial charge on any atom is -0.459 e. The van der Waals surface area contributed by atoms with E-state index in [0.29, 0.717) is 18.2 Å². The summed E-state index contributed by atoms with van der Waals surface area (Å²) in [6, 6.07) is 13.3. The van der Waals surface area contributed by atoms with Gasteiger partial charge in [-0.2, -0.15) is 0 Å². The van der Waals surface area contributed by atoms with E-state index in [1.165, 1.54) is 17.4 Å². The molecule has 0 bridgehead atoms. The third-order valence-electron chi connectivity index (χ3n) is 4.93. The number of aryl methyl sites for hydroxylation is 2. The topological polar surface area (TPSA) is 59.2 Å². The van der Waals surface area contributed by atoms with Gasteiger partial charge in [0.25, 0.3) is 5.91 Å². The molecule has 5 nitrogen and oxygen atoms in total. The second-order valence-electron chi connectivity index (χ2n) is 7.07. The molecule has 3 aromatic heterocycles. The van der Waals surface area contributed by atoms with E-state index >= 15 is 0 Å². The van der Waals surface area contributed by atoms with Gasteiger partial charge in [-0.25, -0.2) is 4.98 Å². The first-order valence-corrected chi connectivity index (χ1v) is 9.67. The lowest BCUT2D eigenvalue weighted by molar-refractivity contribution is 0.0697. The number of rotatable bonds is 5. The van der Waals surface area contributed by atoms with Gasteiger partial charge in [-0.05, 0) is 66.9 Å². The number of benzene rings is 1. The summed E-state index contributed by atoms with van der Waals surface area (Å²) < 4.78 is 5.33. The average Bonchev–Trinajstić information content (AvgIpc) is 3.25. The highest BCUT2D eigenvalue weighted by Crippen LogP contribution is 2.25. The molecule has 3 heterocycles. The van der Waals surface area contributed by atoms with Gasteiger partial charge in [0.2, 0.25) is 0 Å². The Hall–Kier alpha value is -3.18. The fourth-order valence-corrected chi connectivity index (χ4v) is 3.45.